The first-order chi connectivity index (χ1) is 11.7. The summed E-state index contributed by atoms with van der Waals surface area (Å²) >= 11 is 0. The van der Waals surface area contributed by atoms with Crippen LogP contribution in [0, 0.1) is 6.92 Å². The minimum absolute atomic E-state index is 0.00754. The SMILES string of the molecule is CCOc1ccc(C(=O)N2CC[C@@H](Oc3ccc(C)cn3)C2)cc1. The van der Waals surface area contributed by atoms with Crippen LogP contribution in [-0.4, -0.2) is 41.6 Å². The highest BCUT2D eigenvalue weighted by atomic mass is 16.5. The number of amides is 1. The van der Waals surface area contributed by atoms with Gasteiger partial charge in [0, 0.05) is 30.8 Å². The van der Waals surface area contributed by atoms with Crippen molar-refractivity contribution in [3.05, 3.63) is 53.7 Å². The number of aromatic nitrogens is 1. The van der Waals surface area contributed by atoms with E-state index in [2.05, 4.69) is 4.98 Å². The van der Waals surface area contributed by atoms with Crippen LogP contribution < -0.4 is 9.47 Å². The third kappa shape index (κ3) is 3.85. The first kappa shape index (κ1) is 16.3. The lowest BCUT2D eigenvalue weighted by molar-refractivity contribution is 0.0771. The van der Waals surface area contributed by atoms with Crippen LogP contribution in [0.4, 0.5) is 0 Å². The van der Waals surface area contributed by atoms with Crippen LogP contribution in [0.25, 0.3) is 0 Å². The number of rotatable bonds is 5. The molecule has 1 aromatic heterocycles. The fourth-order valence-corrected chi connectivity index (χ4v) is 2.75. The molecule has 5 nitrogen and oxygen atoms in total. The monoisotopic (exact) mass is 326 g/mol. The van der Waals surface area contributed by atoms with Crippen molar-refractivity contribution in [1.82, 2.24) is 9.88 Å². The molecule has 1 amide bonds. The van der Waals surface area contributed by atoms with Crippen molar-refractivity contribution in [3.63, 3.8) is 0 Å². The van der Waals surface area contributed by atoms with E-state index in [1.807, 2.05) is 55.1 Å². The number of ether oxygens (including phenoxy) is 2. The zero-order valence-electron chi connectivity index (χ0n) is 14.1. The van der Waals surface area contributed by atoms with Gasteiger partial charge < -0.3 is 14.4 Å². The van der Waals surface area contributed by atoms with Gasteiger partial charge in [-0.2, -0.15) is 0 Å². The molecule has 1 atom stereocenters. The Hall–Kier alpha value is -2.56. The van der Waals surface area contributed by atoms with Crippen LogP contribution in [0.3, 0.4) is 0 Å². The van der Waals surface area contributed by atoms with E-state index < -0.39 is 0 Å². The number of hydrogen-bond acceptors (Lipinski definition) is 4. The summed E-state index contributed by atoms with van der Waals surface area (Å²) in [5.41, 5.74) is 1.77. The molecular weight excluding hydrogens is 304 g/mol. The van der Waals surface area contributed by atoms with Gasteiger partial charge in [-0.3, -0.25) is 4.79 Å². The van der Waals surface area contributed by atoms with E-state index in [0.717, 1.165) is 17.7 Å². The lowest BCUT2D eigenvalue weighted by Gasteiger charge is -2.17. The molecule has 3 rings (SSSR count). The Balaban J connectivity index is 1.58. The number of carbonyl (C=O) groups excluding carboxylic acids is 1. The second kappa shape index (κ2) is 7.34. The number of benzene rings is 1. The number of carbonyl (C=O) groups is 1. The summed E-state index contributed by atoms with van der Waals surface area (Å²) in [5, 5.41) is 0. The van der Waals surface area contributed by atoms with Gasteiger partial charge >= 0.3 is 0 Å². The van der Waals surface area contributed by atoms with Crippen molar-refractivity contribution in [2.45, 2.75) is 26.4 Å². The molecule has 5 heteroatoms. The van der Waals surface area contributed by atoms with Crippen LogP contribution in [0.1, 0.15) is 29.3 Å². The molecule has 1 fully saturated rings. The van der Waals surface area contributed by atoms with Crippen LogP contribution >= 0.6 is 0 Å². The minimum Gasteiger partial charge on any atom is -0.494 e. The zero-order valence-corrected chi connectivity index (χ0v) is 14.1. The lowest BCUT2D eigenvalue weighted by atomic mass is 10.2. The fourth-order valence-electron chi connectivity index (χ4n) is 2.75. The first-order valence-corrected chi connectivity index (χ1v) is 8.27. The summed E-state index contributed by atoms with van der Waals surface area (Å²) in [6.07, 6.45) is 2.60. The van der Waals surface area contributed by atoms with Gasteiger partial charge in [0.25, 0.3) is 5.91 Å². The highest BCUT2D eigenvalue weighted by Crippen LogP contribution is 2.20. The maximum Gasteiger partial charge on any atom is 0.253 e. The molecule has 1 aliphatic rings. The summed E-state index contributed by atoms with van der Waals surface area (Å²) in [6, 6.07) is 11.1. The Labute approximate surface area is 142 Å². The predicted octanol–water partition coefficient (Wildman–Crippen LogP) is 3.08. The van der Waals surface area contributed by atoms with Crippen molar-refractivity contribution in [3.8, 4) is 11.6 Å². The van der Waals surface area contributed by atoms with Gasteiger partial charge in [-0.25, -0.2) is 4.98 Å². The molecule has 0 N–H and O–H groups in total. The van der Waals surface area contributed by atoms with Gasteiger partial charge in [-0.15, -0.1) is 0 Å². The Morgan fingerprint density at radius 1 is 1.25 bits per heavy atom. The molecule has 24 heavy (non-hydrogen) atoms. The van der Waals surface area contributed by atoms with Gasteiger partial charge in [-0.05, 0) is 43.7 Å². The molecular formula is C19H22N2O3. The largest absolute Gasteiger partial charge is 0.494 e. The summed E-state index contributed by atoms with van der Waals surface area (Å²) in [7, 11) is 0. The maximum absolute atomic E-state index is 12.6. The topological polar surface area (TPSA) is 51.7 Å². The third-order valence-electron chi connectivity index (χ3n) is 4.02. The number of nitrogens with zero attached hydrogens (tertiary/aromatic N) is 2. The third-order valence-corrected chi connectivity index (χ3v) is 4.02. The number of hydrogen-bond donors (Lipinski definition) is 0. The summed E-state index contributed by atoms with van der Waals surface area (Å²) in [6.45, 7) is 5.82. The number of pyridine rings is 1. The second-order valence-electron chi connectivity index (χ2n) is 5.91. The molecule has 1 saturated heterocycles. The molecule has 2 aromatic rings. The molecule has 0 spiro atoms. The normalized spacial score (nSPS) is 16.9. The van der Waals surface area contributed by atoms with Crippen LogP contribution in [0.5, 0.6) is 11.6 Å². The van der Waals surface area contributed by atoms with Crippen molar-refractivity contribution < 1.29 is 14.3 Å². The Kier molecular flexibility index (Phi) is 4.99. The van der Waals surface area contributed by atoms with E-state index in [9.17, 15) is 4.79 Å². The number of likely N-dealkylation sites (tertiary alicyclic amines) is 1. The Morgan fingerprint density at radius 3 is 2.71 bits per heavy atom. The van der Waals surface area contributed by atoms with Gasteiger partial charge in [-0.1, -0.05) is 6.07 Å². The van der Waals surface area contributed by atoms with Gasteiger partial charge in [0.2, 0.25) is 5.88 Å². The lowest BCUT2D eigenvalue weighted by Crippen LogP contribution is -2.31. The Morgan fingerprint density at radius 2 is 2.04 bits per heavy atom. The molecule has 0 aliphatic carbocycles. The molecule has 1 aliphatic heterocycles. The molecule has 2 heterocycles. The van der Waals surface area contributed by atoms with E-state index in [0.29, 0.717) is 31.1 Å². The highest BCUT2D eigenvalue weighted by Gasteiger charge is 2.28. The highest BCUT2D eigenvalue weighted by molar-refractivity contribution is 5.94. The molecule has 1 aromatic carbocycles. The van der Waals surface area contributed by atoms with Crippen LogP contribution in [0.15, 0.2) is 42.6 Å². The van der Waals surface area contributed by atoms with Gasteiger partial charge in [0.15, 0.2) is 0 Å². The second-order valence-corrected chi connectivity index (χ2v) is 5.91. The van der Waals surface area contributed by atoms with E-state index >= 15 is 0 Å². The fraction of sp³-hybridized carbons (Fsp3) is 0.368. The molecule has 0 unspecified atom stereocenters. The van der Waals surface area contributed by atoms with Crippen molar-refractivity contribution in [2.24, 2.45) is 0 Å². The summed E-state index contributed by atoms with van der Waals surface area (Å²) < 4.78 is 11.3. The van der Waals surface area contributed by atoms with Crippen molar-refractivity contribution >= 4 is 5.91 Å². The summed E-state index contributed by atoms with van der Waals surface area (Å²) in [5.74, 6) is 1.42. The van der Waals surface area contributed by atoms with Gasteiger partial charge in [0.05, 0.1) is 13.2 Å². The first-order valence-electron chi connectivity index (χ1n) is 8.27. The summed E-state index contributed by atoms with van der Waals surface area (Å²) in [4.78, 5) is 18.7. The Bertz CT molecular complexity index is 683. The van der Waals surface area contributed by atoms with E-state index in [-0.39, 0.29) is 12.0 Å². The standard InChI is InChI=1S/C19H22N2O3/c1-3-23-16-7-5-15(6-8-16)19(22)21-11-10-17(13-21)24-18-9-4-14(2)12-20-18/h4-9,12,17H,3,10-11,13H2,1-2H3/t17-/m1/s1. The minimum atomic E-state index is -0.00754. The van der Waals surface area contributed by atoms with Crippen molar-refractivity contribution in [1.29, 1.82) is 0 Å². The maximum atomic E-state index is 12.6. The average Bonchev–Trinajstić information content (AvgIpc) is 3.06. The van der Waals surface area contributed by atoms with E-state index in [1.54, 1.807) is 6.20 Å². The van der Waals surface area contributed by atoms with E-state index in [4.69, 9.17) is 9.47 Å². The van der Waals surface area contributed by atoms with E-state index in [1.165, 1.54) is 0 Å². The molecule has 126 valence electrons. The predicted molar refractivity (Wildman–Crippen MR) is 91.5 cm³/mol. The number of aryl methyl sites for hydroxylation is 1. The smallest absolute Gasteiger partial charge is 0.253 e. The van der Waals surface area contributed by atoms with Crippen LogP contribution in [0.2, 0.25) is 0 Å². The molecule has 0 bridgehead atoms. The molecule has 0 saturated carbocycles. The zero-order chi connectivity index (χ0) is 16.9. The van der Waals surface area contributed by atoms with Gasteiger partial charge in [0.1, 0.15) is 11.9 Å². The molecule has 0 radical (unpaired) electrons. The quantitative estimate of drug-likeness (QED) is 0.847. The average molecular weight is 326 g/mol. The van der Waals surface area contributed by atoms with Crippen LogP contribution in [-0.2, 0) is 0 Å². The van der Waals surface area contributed by atoms with Crippen molar-refractivity contribution in [2.75, 3.05) is 19.7 Å².